The fraction of sp³-hybridized carbons (Fsp3) is 0.588. The van der Waals surface area contributed by atoms with Gasteiger partial charge in [-0.25, -0.2) is 0 Å². The van der Waals surface area contributed by atoms with Gasteiger partial charge in [-0.3, -0.25) is 4.79 Å². The third kappa shape index (κ3) is 5.55. The number of nitrogens with zero attached hydrogens (tertiary/aromatic N) is 1. The predicted molar refractivity (Wildman–Crippen MR) is 102 cm³/mol. The first-order valence-corrected chi connectivity index (χ1v) is 7.82. The largest absolute Gasteiger partial charge is 0.376 e. The van der Waals surface area contributed by atoms with Gasteiger partial charge >= 0.3 is 0 Å². The SMILES string of the molecule is Cc1cccc(C)c1NCC(=O)N1CCC(C)CC1CN.Cl.Cl. The van der Waals surface area contributed by atoms with E-state index < -0.39 is 0 Å². The molecule has 0 aliphatic carbocycles. The van der Waals surface area contributed by atoms with Crippen molar-refractivity contribution >= 4 is 36.4 Å². The van der Waals surface area contributed by atoms with Crippen LogP contribution in [0.2, 0.25) is 0 Å². The van der Waals surface area contributed by atoms with Gasteiger partial charge in [-0.15, -0.1) is 24.8 Å². The number of nitrogens with one attached hydrogen (secondary N) is 1. The van der Waals surface area contributed by atoms with Crippen molar-refractivity contribution in [1.82, 2.24) is 4.90 Å². The number of nitrogens with two attached hydrogens (primary N) is 1. The average Bonchev–Trinajstić information content (AvgIpc) is 2.46. The minimum atomic E-state index is 0. The average molecular weight is 362 g/mol. The van der Waals surface area contributed by atoms with Crippen molar-refractivity contribution in [2.24, 2.45) is 11.7 Å². The van der Waals surface area contributed by atoms with Crippen LogP contribution >= 0.6 is 24.8 Å². The number of carbonyl (C=O) groups excluding carboxylic acids is 1. The molecule has 1 aliphatic heterocycles. The third-order valence-electron chi connectivity index (χ3n) is 4.47. The molecule has 0 bridgehead atoms. The molecule has 1 aromatic rings. The fourth-order valence-electron chi connectivity index (χ4n) is 3.16. The molecule has 1 aromatic carbocycles. The molecule has 0 aromatic heterocycles. The number of hydrogen-bond acceptors (Lipinski definition) is 3. The Balaban J connectivity index is 0.00000242. The molecule has 1 heterocycles. The number of likely N-dealkylation sites (tertiary alicyclic amines) is 1. The highest BCUT2D eigenvalue weighted by Crippen LogP contribution is 2.23. The van der Waals surface area contributed by atoms with Crippen LogP contribution in [0.4, 0.5) is 5.69 Å². The van der Waals surface area contributed by atoms with Gasteiger partial charge in [0.1, 0.15) is 0 Å². The van der Waals surface area contributed by atoms with E-state index in [1.54, 1.807) is 0 Å². The number of rotatable bonds is 4. The van der Waals surface area contributed by atoms with Gasteiger partial charge < -0.3 is 16.0 Å². The van der Waals surface area contributed by atoms with Crippen LogP contribution < -0.4 is 11.1 Å². The molecule has 0 saturated carbocycles. The van der Waals surface area contributed by atoms with E-state index in [2.05, 4.69) is 38.2 Å². The van der Waals surface area contributed by atoms with E-state index in [4.69, 9.17) is 5.73 Å². The summed E-state index contributed by atoms with van der Waals surface area (Å²) >= 11 is 0. The molecule has 0 spiro atoms. The summed E-state index contributed by atoms with van der Waals surface area (Å²) in [5, 5.41) is 3.30. The number of carbonyl (C=O) groups is 1. The van der Waals surface area contributed by atoms with Crippen LogP contribution in [-0.2, 0) is 4.79 Å². The highest BCUT2D eigenvalue weighted by Gasteiger charge is 2.28. The lowest BCUT2D eigenvalue weighted by Gasteiger charge is -2.38. The predicted octanol–water partition coefficient (Wildman–Crippen LogP) is 3.14. The van der Waals surface area contributed by atoms with Gasteiger partial charge in [-0.05, 0) is 43.7 Å². The molecule has 4 nitrogen and oxygen atoms in total. The molecule has 2 atom stereocenters. The molecule has 1 aliphatic rings. The summed E-state index contributed by atoms with van der Waals surface area (Å²) in [4.78, 5) is 14.4. The standard InChI is InChI=1S/C17H27N3O.2ClH/c1-12-7-8-20(15(9-12)10-18)16(21)11-19-17-13(2)5-4-6-14(17)3;;/h4-6,12,15,19H,7-11,18H2,1-3H3;2*1H. The normalized spacial score (nSPS) is 20.3. The van der Waals surface area contributed by atoms with Crippen LogP contribution in [-0.4, -0.2) is 36.5 Å². The molecule has 1 saturated heterocycles. The second-order valence-electron chi connectivity index (χ2n) is 6.23. The summed E-state index contributed by atoms with van der Waals surface area (Å²) in [5.74, 6) is 0.814. The van der Waals surface area contributed by atoms with E-state index in [9.17, 15) is 4.79 Å². The van der Waals surface area contributed by atoms with Crippen molar-refractivity contribution < 1.29 is 4.79 Å². The molecule has 132 valence electrons. The lowest BCUT2D eigenvalue weighted by Crippen LogP contribution is -2.50. The Morgan fingerprint density at radius 1 is 1.30 bits per heavy atom. The number of hydrogen-bond donors (Lipinski definition) is 2. The Kier molecular flexibility index (Phi) is 9.59. The molecule has 2 rings (SSSR count). The second-order valence-corrected chi connectivity index (χ2v) is 6.23. The molecular formula is C17H29Cl2N3O. The second kappa shape index (κ2) is 10.0. The van der Waals surface area contributed by atoms with E-state index in [0.717, 1.165) is 25.1 Å². The van der Waals surface area contributed by atoms with Gasteiger partial charge in [-0.2, -0.15) is 0 Å². The minimum Gasteiger partial charge on any atom is -0.376 e. The number of piperidine rings is 1. The zero-order valence-corrected chi connectivity index (χ0v) is 15.8. The summed E-state index contributed by atoms with van der Waals surface area (Å²) in [5.41, 5.74) is 9.25. The Morgan fingerprint density at radius 2 is 1.91 bits per heavy atom. The van der Waals surface area contributed by atoms with Crippen molar-refractivity contribution in [3.8, 4) is 0 Å². The van der Waals surface area contributed by atoms with Crippen LogP contribution in [0.25, 0.3) is 0 Å². The maximum absolute atomic E-state index is 12.5. The number of aryl methyl sites for hydroxylation is 2. The maximum Gasteiger partial charge on any atom is 0.242 e. The Labute approximate surface area is 152 Å². The quantitative estimate of drug-likeness (QED) is 0.865. The number of para-hydroxylation sites is 1. The first-order chi connectivity index (χ1) is 10.0. The Hall–Kier alpha value is -0.970. The van der Waals surface area contributed by atoms with Gasteiger partial charge in [0.25, 0.3) is 0 Å². The van der Waals surface area contributed by atoms with Crippen LogP contribution in [0.5, 0.6) is 0 Å². The number of anilines is 1. The van der Waals surface area contributed by atoms with Gasteiger partial charge in [0.05, 0.1) is 6.54 Å². The number of amides is 1. The van der Waals surface area contributed by atoms with E-state index in [0.29, 0.717) is 19.0 Å². The van der Waals surface area contributed by atoms with Crippen molar-refractivity contribution in [3.05, 3.63) is 29.3 Å². The molecule has 1 fully saturated rings. The van der Waals surface area contributed by atoms with Crippen molar-refractivity contribution in [3.63, 3.8) is 0 Å². The molecule has 2 unspecified atom stereocenters. The van der Waals surface area contributed by atoms with Gasteiger partial charge in [0, 0.05) is 24.8 Å². The van der Waals surface area contributed by atoms with Crippen molar-refractivity contribution in [2.75, 3.05) is 25.0 Å². The maximum atomic E-state index is 12.5. The minimum absolute atomic E-state index is 0. The summed E-state index contributed by atoms with van der Waals surface area (Å²) in [6.07, 6.45) is 2.09. The zero-order valence-electron chi connectivity index (χ0n) is 14.2. The number of benzene rings is 1. The van der Waals surface area contributed by atoms with E-state index in [1.807, 2.05) is 11.0 Å². The molecule has 0 radical (unpaired) electrons. The van der Waals surface area contributed by atoms with Crippen LogP contribution in [0.1, 0.15) is 30.9 Å². The van der Waals surface area contributed by atoms with Crippen LogP contribution in [0, 0.1) is 19.8 Å². The fourth-order valence-corrected chi connectivity index (χ4v) is 3.16. The zero-order chi connectivity index (χ0) is 15.4. The monoisotopic (exact) mass is 361 g/mol. The molecule has 3 N–H and O–H groups in total. The number of halogens is 2. The topological polar surface area (TPSA) is 58.4 Å². The Morgan fingerprint density at radius 3 is 2.48 bits per heavy atom. The third-order valence-corrected chi connectivity index (χ3v) is 4.47. The summed E-state index contributed by atoms with van der Waals surface area (Å²) in [6, 6.07) is 6.35. The summed E-state index contributed by atoms with van der Waals surface area (Å²) in [6.45, 7) is 8.09. The van der Waals surface area contributed by atoms with Crippen LogP contribution in [0.3, 0.4) is 0 Å². The summed E-state index contributed by atoms with van der Waals surface area (Å²) in [7, 11) is 0. The van der Waals surface area contributed by atoms with Crippen LogP contribution in [0.15, 0.2) is 18.2 Å². The van der Waals surface area contributed by atoms with Crippen molar-refractivity contribution in [2.45, 2.75) is 39.7 Å². The lowest BCUT2D eigenvalue weighted by molar-refractivity contribution is -0.133. The van der Waals surface area contributed by atoms with E-state index >= 15 is 0 Å². The summed E-state index contributed by atoms with van der Waals surface area (Å²) < 4.78 is 0. The molecule has 23 heavy (non-hydrogen) atoms. The molecule has 1 amide bonds. The smallest absolute Gasteiger partial charge is 0.242 e. The highest BCUT2D eigenvalue weighted by molar-refractivity contribution is 5.85. The van der Waals surface area contributed by atoms with Crippen molar-refractivity contribution in [1.29, 1.82) is 0 Å². The van der Waals surface area contributed by atoms with Gasteiger partial charge in [0.15, 0.2) is 0 Å². The van der Waals surface area contributed by atoms with E-state index in [1.165, 1.54) is 11.1 Å². The first kappa shape index (κ1) is 22.0. The molecule has 6 heteroatoms. The Bertz CT molecular complexity index is 490. The van der Waals surface area contributed by atoms with E-state index in [-0.39, 0.29) is 36.8 Å². The lowest BCUT2D eigenvalue weighted by atomic mass is 9.92. The highest BCUT2D eigenvalue weighted by atomic mass is 35.5. The van der Waals surface area contributed by atoms with Gasteiger partial charge in [0.2, 0.25) is 5.91 Å². The molecular weight excluding hydrogens is 333 g/mol. The van der Waals surface area contributed by atoms with Gasteiger partial charge in [-0.1, -0.05) is 25.1 Å². The first-order valence-electron chi connectivity index (χ1n) is 7.82.